The largest absolute Gasteiger partial charge is 0.481 e. The van der Waals surface area contributed by atoms with Crippen LogP contribution in [0.2, 0.25) is 0 Å². The normalized spacial score (nSPS) is 12.6. The van der Waals surface area contributed by atoms with Crippen LogP contribution in [0.4, 0.5) is 16.8 Å². The number of benzene rings is 2. The van der Waals surface area contributed by atoms with Crippen LogP contribution in [-0.2, 0) is 10.8 Å². The molecule has 0 aliphatic rings. The van der Waals surface area contributed by atoms with Gasteiger partial charge in [0.1, 0.15) is 11.5 Å². The highest BCUT2D eigenvalue weighted by molar-refractivity contribution is 7.99. The molecule has 0 atom stereocenters. The van der Waals surface area contributed by atoms with Crippen LogP contribution in [-0.4, -0.2) is 0 Å². The highest BCUT2D eigenvalue weighted by atomic mass is 32.2. The smallest absolute Gasteiger partial charge is 0.420 e. The molecule has 0 aromatic heterocycles. The van der Waals surface area contributed by atoms with Gasteiger partial charge in [0.2, 0.25) is 0 Å². The molecule has 0 aliphatic heterocycles. The van der Waals surface area contributed by atoms with Crippen LogP contribution < -0.4 is 9.05 Å². The fourth-order valence-corrected chi connectivity index (χ4v) is 5.09. The third kappa shape index (κ3) is 6.97. The first-order valence-corrected chi connectivity index (χ1v) is 12.6. The van der Waals surface area contributed by atoms with Crippen LogP contribution in [0.15, 0.2) is 34.1 Å². The fourth-order valence-electron chi connectivity index (χ4n) is 3.23. The van der Waals surface area contributed by atoms with Crippen molar-refractivity contribution in [3.63, 3.8) is 0 Å². The van der Waals surface area contributed by atoms with E-state index in [1.807, 2.05) is 65.8 Å². The summed E-state index contributed by atoms with van der Waals surface area (Å²) in [7, 11) is -7.05. The standard InChI is InChI=1S/C22H28F4O2P2S/c1-13-9-15(11-17(21(3,4)5)19(13)27-29(23)24)31-16-10-14(2)20(28-30(25)26)18(12-16)22(6,7)8/h9-12H,1-8H3. The van der Waals surface area contributed by atoms with Gasteiger partial charge in [-0.3, -0.25) is 0 Å². The van der Waals surface area contributed by atoms with Crippen molar-refractivity contribution in [1.29, 1.82) is 0 Å². The zero-order valence-electron chi connectivity index (χ0n) is 18.9. The predicted octanol–water partition coefficient (Wildman–Crippen LogP) is 10.1. The van der Waals surface area contributed by atoms with Crippen molar-refractivity contribution < 1.29 is 25.8 Å². The summed E-state index contributed by atoms with van der Waals surface area (Å²) in [4.78, 5) is 1.73. The second-order valence-corrected chi connectivity index (χ2v) is 11.7. The van der Waals surface area contributed by atoms with Crippen molar-refractivity contribution in [2.24, 2.45) is 0 Å². The zero-order valence-corrected chi connectivity index (χ0v) is 21.5. The maximum absolute atomic E-state index is 13.0. The second-order valence-electron chi connectivity index (χ2n) is 9.42. The molecule has 0 heterocycles. The molecule has 0 unspecified atom stereocenters. The van der Waals surface area contributed by atoms with Crippen molar-refractivity contribution >= 4 is 29.3 Å². The minimum Gasteiger partial charge on any atom is -0.420 e. The summed E-state index contributed by atoms with van der Waals surface area (Å²) in [6.45, 7) is 15.2. The molecule has 0 fully saturated rings. The van der Waals surface area contributed by atoms with E-state index < -0.39 is 28.4 Å². The van der Waals surface area contributed by atoms with Gasteiger partial charge in [0, 0.05) is 20.9 Å². The molecule has 0 bridgehead atoms. The van der Waals surface area contributed by atoms with Gasteiger partial charge in [0.05, 0.1) is 0 Å². The minimum absolute atomic E-state index is 0.225. The molecule has 0 amide bonds. The Hall–Kier alpha value is -1.03. The van der Waals surface area contributed by atoms with Crippen LogP contribution >= 0.6 is 29.3 Å². The third-order valence-corrected chi connectivity index (χ3v) is 6.25. The van der Waals surface area contributed by atoms with E-state index in [1.54, 1.807) is 13.8 Å². The van der Waals surface area contributed by atoms with E-state index in [0.717, 1.165) is 9.79 Å². The lowest BCUT2D eigenvalue weighted by molar-refractivity contribution is 0.476. The molecule has 2 nitrogen and oxygen atoms in total. The Morgan fingerprint density at radius 3 is 1.23 bits per heavy atom. The van der Waals surface area contributed by atoms with E-state index in [1.165, 1.54) is 11.8 Å². The molecule has 0 saturated carbocycles. The Morgan fingerprint density at radius 1 is 0.645 bits per heavy atom. The van der Waals surface area contributed by atoms with Gasteiger partial charge in [-0.05, 0) is 60.1 Å². The number of aryl methyl sites for hydroxylation is 2. The average Bonchev–Trinajstić information content (AvgIpc) is 2.56. The van der Waals surface area contributed by atoms with Gasteiger partial charge < -0.3 is 9.05 Å². The summed E-state index contributed by atoms with van der Waals surface area (Å²) in [6.07, 6.45) is 0. The van der Waals surface area contributed by atoms with E-state index in [-0.39, 0.29) is 11.5 Å². The Bertz CT molecular complexity index is 863. The fraction of sp³-hybridized carbons (Fsp3) is 0.455. The van der Waals surface area contributed by atoms with E-state index in [0.29, 0.717) is 22.3 Å². The average molecular weight is 494 g/mol. The SMILES string of the molecule is Cc1cc(Sc2cc(C)c(OP(F)F)c(C(C)(C)C)c2)cc(C(C)(C)C)c1OP(F)F. The van der Waals surface area contributed by atoms with Crippen LogP contribution in [0.3, 0.4) is 0 Å². The van der Waals surface area contributed by atoms with Gasteiger partial charge in [0.15, 0.2) is 0 Å². The molecule has 2 rings (SSSR count). The van der Waals surface area contributed by atoms with Crippen LogP contribution in [0.1, 0.15) is 63.8 Å². The molecule has 31 heavy (non-hydrogen) atoms. The van der Waals surface area contributed by atoms with Crippen molar-refractivity contribution in [2.75, 3.05) is 0 Å². The number of halogens is 4. The minimum atomic E-state index is -3.53. The zero-order chi connectivity index (χ0) is 23.7. The first-order chi connectivity index (χ1) is 14.1. The molecule has 0 N–H and O–H groups in total. The molecule has 172 valence electrons. The highest BCUT2D eigenvalue weighted by Gasteiger charge is 2.26. The van der Waals surface area contributed by atoms with E-state index in [4.69, 9.17) is 9.05 Å². The molecular weight excluding hydrogens is 466 g/mol. The quantitative estimate of drug-likeness (QED) is 0.294. The molecule has 0 saturated heterocycles. The second kappa shape index (κ2) is 9.85. The van der Waals surface area contributed by atoms with Gasteiger partial charge in [-0.15, -0.1) is 16.8 Å². The summed E-state index contributed by atoms with van der Waals surface area (Å²) in [5.41, 5.74) is 1.87. The van der Waals surface area contributed by atoms with Gasteiger partial charge in [0.25, 0.3) is 0 Å². The third-order valence-electron chi connectivity index (χ3n) is 4.67. The summed E-state index contributed by atoms with van der Waals surface area (Å²) in [6, 6.07) is 7.36. The first-order valence-electron chi connectivity index (χ1n) is 9.67. The van der Waals surface area contributed by atoms with Gasteiger partial charge >= 0.3 is 17.5 Å². The molecule has 0 radical (unpaired) electrons. The molecule has 0 spiro atoms. The summed E-state index contributed by atoms with van der Waals surface area (Å²) in [5, 5.41) is 0. The Kier molecular flexibility index (Phi) is 8.33. The lowest BCUT2D eigenvalue weighted by Gasteiger charge is -2.26. The van der Waals surface area contributed by atoms with Crippen molar-refractivity contribution in [3.05, 3.63) is 46.5 Å². The highest BCUT2D eigenvalue weighted by Crippen LogP contribution is 2.49. The van der Waals surface area contributed by atoms with Crippen molar-refractivity contribution in [2.45, 2.75) is 76.0 Å². The van der Waals surface area contributed by atoms with Crippen molar-refractivity contribution in [1.82, 2.24) is 0 Å². The van der Waals surface area contributed by atoms with E-state index in [9.17, 15) is 16.8 Å². The number of hydrogen-bond acceptors (Lipinski definition) is 3. The van der Waals surface area contributed by atoms with E-state index in [2.05, 4.69) is 0 Å². The molecule has 2 aromatic carbocycles. The first kappa shape index (κ1) is 26.2. The maximum atomic E-state index is 13.0. The lowest BCUT2D eigenvalue weighted by Crippen LogP contribution is -2.14. The van der Waals surface area contributed by atoms with Gasteiger partial charge in [-0.25, -0.2) is 0 Å². The predicted molar refractivity (Wildman–Crippen MR) is 123 cm³/mol. The molecule has 9 heteroatoms. The van der Waals surface area contributed by atoms with Gasteiger partial charge in [-0.2, -0.15) is 0 Å². The van der Waals surface area contributed by atoms with Crippen LogP contribution in [0.5, 0.6) is 11.5 Å². The lowest BCUT2D eigenvalue weighted by atomic mass is 9.85. The Labute approximate surface area is 189 Å². The molecule has 2 aromatic rings. The topological polar surface area (TPSA) is 18.5 Å². The Morgan fingerprint density at radius 2 is 0.968 bits per heavy atom. The molecular formula is C22H28F4O2P2S. The van der Waals surface area contributed by atoms with Gasteiger partial charge in [-0.1, -0.05) is 53.3 Å². The summed E-state index contributed by atoms with van der Waals surface area (Å²) in [5.74, 6) is 0.449. The maximum Gasteiger partial charge on any atom is 0.481 e. The summed E-state index contributed by atoms with van der Waals surface area (Å²) < 4.78 is 61.8. The summed E-state index contributed by atoms with van der Waals surface area (Å²) >= 11 is 1.46. The van der Waals surface area contributed by atoms with Crippen molar-refractivity contribution in [3.8, 4) is 11.5 Å². The molecule has 0 aliphatic carbocycles. The van der Waals surface area contributed by atoms with Crippen LogP contribution in [0.25, 0.3) is 0 Å². The number of hydrogen-bond donors (Lipinski definition) is 0. The van der Waals surface area contributed by atoms with Crippen LogP contribution in [0, 0.1) is 13.8 Å². The monoisotopic (exact) mass is 494 g/mol. The number of rotatable bonds is 6. The van der Waals surface area contributed by atoms with E-state index >= 15 is 0 Å². The Balaban J connectivity index is 2.55.